The normalized spacial score (nSPS) is 11.7. The lowest BCUT2D eigenvalue weighted by molar-refractivity contribution is 0.102. The Labute approximate surface area is 165 Å². The number of rotatable bonds is 7. The summed E-state index contributed by atoms with van der Waals surface area (Å²) >= 11 is 0. The molecule has 0 bridgehead atoms. The first-order chi connectivity index (χ1) is 13.5. The third-order valence-electron chi connectivity index (χ3n) is 4.18. The molecule has 1 atom stereocenters. The number of carbonyl (C=O) groups is 1. The molecule has 3 aromatic rings. The van der Waals surface area contributed by atoms with E-state index >= 15 is 0 Å². The van der Waals surface area contributed by atoms with Crippen LogP contribution >= 0.6 is 0 Å². The van der Waals surface area contributed by atoms with Gasteiger partial charge in [0.25, 0.3) is 5.91 Å². The monoisotopic (exact) mass is 375 g/mol. The molecule has 0 aliphatic rings. The fourth-order valence-electron chi connectivity index (χ4n) is 2.84. The van der Waals surface area contributed by atoms with Gasteiger partial charge in [0, 0.05) is 18.4 Å². The van der Waals surface area contributed by atoms with Gasteiger partial charge in [0.05, 0.1) is 23.0 Å². The molecule has 2 aromatic carbocycles. The molecule has 0 aliphatic carbocycles. The maximum Gasteiger partial charge on any atom is 0.257 e. The van der Waals surface area contributed by atoms with Gasteiger partial charge in [-0.2, -0.15) is 0 Å². The predicted octanol–water partition coefficient (Wildman–Crippen LogP) is 5.29. The number of hydrogen-bond donors (Lipinski definition) is 2. The van der Waals surface area contributed by atoms with Crippen molar-refractivity contribution in [3.8, 4) is 5.75 Å². The topological polar surface area (TPSA) is 63.2 Å². The van der Waals surface area contributed by atoms with E-state index in [1.165, 1.54) is 0 Å². The summed E-state index contributed by atoms with van der Waals surface area (Å²) in [6.07, 6.45) is 3.29. The number of anilines is 2. The molecule has 0 spiro atoms. The fourth-order valence-corrected chi connectivity index (χ4v) is 2.84. The van der Waals surface area contributed by atoms with Crippen LogP contribution in [0.15, 0.2) is 73.1 Å². The van der Waals surface area contributed by atoms with Crippen LogP contribution in [0.2, 0.25) is 0 Å². The lowest BCUT2D eigenvalue weighted by atomic mass is 10.1. The van der Waals surface area contributed by atoms with E-state index in [9.17, 15) is 4.79 Å². The Bertz CT molecular complexity index is 926. The zero-order valence-electron chi connectivity index (χ0n) is 16.3. The minimum absolute atomic E-state index is 0.0201. The third-order valence-corrected chi connectivity index (χ3v) is 4.18. The largest absolute Gasteiger partial charge is 0.489 e. The summed E-state index contributed by atoms with van der Waals surface area (Å²) in [6.45, 7) is 5.97. The molecule has 28 heavy (non-hydrogen) atoms. The Balaban J connectivity index is 1.73. The molecule has 5 heteroatoms. The van der Waals surface area contributed by atoms with Gasteiger partial charge in [-0.05, 0) is 44.5 Å². The van der Waals surface area contributed by atoms with Crippen molar-refractivity contribution in [3.63, 3.8) is 0 Å². The number of ether oxygens (including phenoxy) is 1. The van der Waals surface area contributed by atoms with Crippen molar-refractivity contribution in [2.24, 2.45) is 0 Å². The molecule has 144 valence electrons. The first-order valence-corrected chi connectivity index (χ1v) is 9.36. The highest BCUT2D eigenvalue weighted by Crippen LogP contribution is 2.26. The van der Waals surface area contributed by atoms with E-state index in [0.717, 1.165) is 11.3 Å². The van der Waals surface area contributed by atoms with Crippen LogP contribution in [0, 0.1) is 0 Å². The van der Waals surface area contributed by atoms with Gasteiger partial charge in [-0.1, -0.05) is 42.5 Å². The smallest absolute Gasteiger partial charge is 0.257 e. The fraction of sp³-hybridized carbons (Fsp3) is 0.217. The van der Waals surface area contributed by atoms with Gasteiger partial charge < -0.3 is 15.4 Å². The molecule has 1 aromatic heterocycles. The Morgan fingerprint density at radius 3 is 2.43 bits per heavy atom. The molecule has 0 radical (unpaired) electrons. The SMILES string of the molecule is CC(C)Oc1ccccc1NC(=O)c1cncc(NC(C)c2ccccc2)c1. The van der Waals surface area contributed by atoms with Crippen LogP contribution in [0.3, 0.4) is 0 Å². The van der Waals surface area contributed by atoms with Crippen molar-refractivity contribution in [2.75, 3.05) is 10.6 Å². The Morgan fingerprint density at radius 2 is 1.68 bits per heavy atom. The molecule has 0 fully saturated rings. The van der Waals surface area contributed by atoms with Crippen LogP contribution in [0.5, 0.6) is 5.75 Å². The van der Waals surface area contributed by atoms with E-state index in [1.807, 2.05) is 56.3 Å². The molecule has 1 unspecified atom stereocenters. The van der Waals surface area contributed by atoms with Crippen molar-refractivity contribution in [1.82, 2.24) is 4.98 Å². The molecule has 3 rings (SSSR count). The van der Waals surface area contributed by atoms with E-state index in [2.05, 4.69) is 34.7 Å². The Kier molecular flexibility index (Phi) is 6.27. The Hall–Kier alpha value is -3.34. The van der Waals surface area contributed by atoms with E-state index in [-0.39, 0.29) is 18.1 Å². The molecule has 0 saturated heterocycles. The van der Waals surface area contributed by atoms with Crippen molar-refractivity contribution in [1.29, 1.82) is 0 Å². The molecule has 2 N–H and O–H groups in total. The minimum Gasteiger partial charge on any atom is -0.489 e. The second-order valence-electron chi connectivity index (χ2n) is 6.86. The van der Waals surface area contributed by atoms with Crippen LogP contribution in [0.4, 0.5) is 11.4 Å². The van der Waals surface area contributed by atoms with Crippen LogP contribution in [-0.4, -0.2) is 17.0 Å². The summed E-state index contributed by atoms with van der Waals surface area (Å²) in [5, 5.41) is 6.30. The molecular formula is C23H25N3O2. The van der Waals surface area contributed by atoms with Gasteiger partial charge in [0.1, 0.15) is 5.75 Å². The zero-order valence-corrected chi connectivity index (χ0v) is 16.3. The molecular weight excluding hydrogens is 350 g/mol. The number of nitrogens with zero attached hydrogens (tertiary/aromatic N) is 1. The first kappa shape index (κ1) is 19.4. The molecule has 0 aliphatic heterocycles. The lowest BCUT2D eigenvalue weighted by Gasteiger charge is -2.16. The van der Waals surface area contributed by atoms with Crippen molar-refractivity contribution < 1.29 is 9.53 Å². The number of hydrogen-bond acceptors (Lipinski definition) is 4. The van der Waals surface area contributed by atoms with E-state index < -0.39 is 0 Å². The maximum atomic E-state index is 12.7. The molecule has 0 saturated carbocycles. The van der Waals surface area contributed by atoms with Crippen molar-refractivity contribution in [3.05, 3.63) is 84.2 Å². The molecule has 5 nitrogen and oxygen atoms in total. The quantitative estimate of drug-likeness (QED) is 0.589. The first-order valence-electron chi connectivity index (χ1n) is 9.36. The number of carbonyl (C=O) groups excluding carboxylic acids is 1. The standard InChI is InChI=1S/C23H25N3O2/c1-16(2)28-22-12-8-7-11-21(22)26-23(27)19-13-20(15-24-14-19)25-17(3)18-9-5-4-6-10-18/h4-17,25H,1-3H3,(H,26,27). The summed E-state index contributed by atoms with van der Waals surface area (Å²) in [6, 6.07) is 19.4. The summed E-state index contributed by atoms with van der Waals surface area (Å²) in [4.78, 5) is 16.9. The van der Waals surface area contributed by atoms with Gasteiger partial charge in [-0.3, -0.25) is 9.78 Å². The average molecular weight is 375 g/mol. The second kappa shape index (κ2) is 9.04. The van der Waals surface area contributed by atoms with Crippen LogP contribution in [-0.2, 0) is 0 Å². The van der Waals surface area contributed by atoms with Gasteiger partial charge in [0.2, 0.25) is 0 Å². The van der Waals surface area contributed by atoms with Gasteiger partial charge in [-0.15, -0.1) is 0 Å². The average Bonchev–Trinajstić information content (AvgIpc) is 2.70. The van der Waals surface area contributed by atoms with Gasteiger partial charge in [-0.25, -0.2) is 0 Å². The maximum absolute atomic E-state index is 12.7. The van der Waals surface area contributed by atoms with Gasteiger partial charge in [0.15, 0.2) is 0 Å². The summed E-state index contributed by atoms with van der Waals surface area (Å²) in [7, 11) is 0. The minimum atomic E-state index is -0.233. The van der Waals surface area contributed by atoms with Crippen molar-refractivity contribution >= 4 is 17.3 Å². The highest BCUT2D eigenvalue weighted by Gasteiger charge is 2.12. The summed E-state index contributed by atoms with van der Waals surface area (Å²) in [5.41, 5.74) is 3.06. The van der Waals surface area contributed by atoms with E-state index in [1.54, 1.807) is 18.5 Å². The van der Waals surface area contributed by atoms with E-state index in [0.29, 0.717) is 17.0 Å². The van der Waals surface area contributed by atoms with Gasteiger partial charge >= 0.3 is 0 Å². The summed E-state index contributed by atoms with van der Waals surface area (Å²) in [5.74, 6) is 0.411. The number of nitrogens with one attached hydrogen (secondary N) is 2. The van der Waals surface area contributed by atoms with Crippen LogP contribution in [0.25, 0.3) is 0 Å². The van der Waals surface area contributed by atoms with Crippen molar-refractivity contribution in [2.45, 2.75) is 32.9 Å². The molecule has 1 amide bonds. The van der Waals surface area contributed by atoms with Crippen LogP contribution < -0.4 is 15.4 Å². The number of aromatic nitrogens is 1. The number of benzene rings is 2. The lowest BCUT2D eigenvalue weighted by Crippen LogP contribution is -2.15. The summed E-state index contributed by atoms with van der Waals surface area (Å²) < 4.78 is 5.76. The number of amides is 1. The zero-order chi connectivity index (χ0) is 19.9. The predicted molar refractivity (Wildman–Crippen MR) is 113 cm³/mol. The number of para-hydroxylation sites is 2. The number of pyridine rings is 1. The van der Waals surface area contributed by atoms with Crippen LogP contribution in [0.1, 0.15) is 42.7 Å². The highest BCUT2D eigenvalue weighted by atomic mass is 16.5. The molecule has 1 heterocycles. The highest BCUT2D eigenvalue weighted by molar-refractivity contribution is 6.05. The Morgan fingerprint density at radius 1 is 0.964 bits per heavy atom. The second-order valence-corrected chi connectivity index (χ2v) is 6.86. The van der Waals surface area contributed by atoms with E-state index in [4.69, 9.17) is 4.74 Å². The third kappa shape index (κ3) is 5.10.